The minimum Gasteiger partial charge on any atom is -0.375 e. The van der Waals surface area contributed by atoms with Crippen LogP contribution < -0.4 is 15.5 Å². The summed E-state index contributed by atoms with van der Waals surface area (Å²) >= 11 is 0. The first-order valence-electron chi connectivity index (χ1n) is 8.59. The van der Waals surface area contributed by atoms with E-state index in [2.05, 4.69) is 15.5 Å². The third kappa shape index (κ3) is 4.05. The largest absolute Gasteiger partial charge is 0.375 e. The number of nitrogens with one attached hydrogen (secondary N) is 2. The van der Waals surface area contributed by atoms with Crippen LogP contribution in [0.4, 0.5) is 5.69 Å². The smallest absolute Gasteiger partial charge is 0.243 e. The van der Waals surface area contributed by atoms with Gasteiger partial charge < -0.3 is 15.0 Å². The highest BCUT2D eigenvalue weighted by Crippen LogP contribution is 2.25. The Morgan fingerprint density at radius 3 is 2.96 bits per heavy atom. The molecular formula is C18H23N3O4. The Morgan fingerprint density at radius 2 is 2.24 bits per heavy atom. The molecule has 0 spiro atoms. The second-order valence-electron chi connectivity index (χ2n) is 6.48. The van der Waals surface area contributed by atoms with Crippen LogP contribution in [0.15, 0.2) is 18.2 Å². The van der Waals surface area contributed by atoms with Crippen LogP contribution in [-0.2, 0) is 20.9 Å². The van der Waals surface area contributed by atoms with Crippen molar-refractivity contribution in [2.75, 3.05) is 24.6 Å². The molecule has 0 aliphatic carbocycles. The van der Waals surface area contributed by atoms with Gasteiger partial charge in [-0.05, 0) is 25.0 Å². The Balaban J connectivity index is 1.73. The molecule has 7 heteroatoms. The van der Waals surface area contributed by atoms with Crippen molar-refractivity contribution < 1.29 is 19.1 Å². The molecule has 2 fully saturated rings. The Kier molecular flexibility index (Phi) is 5.45. The molecule has 0 aromatic heterocycles. The number of piperidine rings is 1. The van der Waals surface area contributed by atoms with Crippen molar-refractivity contribution in [1.82, 2.24) is 10.6 Å². The average Bonchev–Trinajstić information content (AvgIpc) is 2.60. The quantitative estimate of drug-likeness (QED) is 0.601. The monoisotopic (exact) mass is 345 g/mol. The molecule has 0 radical (unpaired) electrons. The molecule has 2 unspecified atom stereocenters. The molecule has 1 aromatic carbocycles. The van der Waals surface area contributed by atoms with Gasteiger partial charge in [0.1, 0.15) is 0 Å². The third-order valence-electron chi connectivity index (χ3n) is 4.65. The molecule has 2 heterocycles. The van der Waals surface area contributed by atoms with E-state index in [4.69, 9.17) is 4.74 Å². The van der Waals surface area contributed by atoms with Crippen molar-refractivity contribution in [2.24, 2.45) is 0 Å². The fourth-order valence-electron chi connectivity index (χ4n) is 3.32. The number of aldehydes is 1. The standard InChI is InChI=1S/C18H23N3O4/c1-12-10-21(7-8-25-12)16-4-2-3-13(14(16)11-22)9-19-15-5-6-17(23)20-18(15)24/h2-4,11-12,15,19H,5-10H2,1H3,(H,20,23,24). The van der Waals surface area contributed by atoms with Crippen LogP contribution in [0, 0.1) is 0 Å². The van der Waals surface area contributed by atoms with Crippen molar-refractivity contribution in [2.45, 2.75) is 38.5 Å². The summed E-state index contributed by atoms with van der Waals surface area (Å²) in [5, 5.41) is 5.49. The number of anilines is 1. The summed E-state index contributed by atoms with van der Waals surface area (Å²) in [5.41, 5.74) is 2.38. The molecule has 2 saturated heterocycles. The number of carbonyl (C=O) groups is 3. The molecule has 0 bridgehead atoms. The number of imide groups is 1. The van der Waals surface area contributed by atoms with Crippen LogP contribution >= 0.6 is 0 Å². The van der Waals surface area contributed by atoms with E-state index in [-0.39, 0.29) is 17.9 Å². The number of hydrogen-bond donors (Lipinski definition) is 2. The number of morpholine rings is 1. The SMILES string of the molecule is CC1CN(c2cccc(CNC3CCC(=O)NC3=O)c2C=O)CCO1. The van der Waals surface area contributed by atoms with Gasteiger partial charge in [-0.2, -0.15) is 0 Å². The van der Waals surface area contributed by atoms with Gasteiger partial charge >= 0.3 is 0 Å². The summed E-state index contributed by atoms with van der Waals surface area (Å²) < 4.78 is 5.57. The average molecular weight is 345 g/mol. The highest BCUT2D eigenvalue weighted by Gasteiger charge is 2.26. The molecule has 2 aliphatic rings. The summed E-state index contributed by atoms with van der Waals surface area (Å²) in [4.78, 5) is 36.9. The van der Waals surface area contributed by atoms with Crippen molar-refractivity contribution in [3.63, 3.8) is 0 Å². The van der Waals surface area contributed by atoms with Gasteiger partial charge in [-0.1, -0.05) is 12.1 Å². The number of rotatable bonds is 5. The van der Waals surface area contributed by atoms with Gasteiger partial charge in [0.05, 0.1) is 18.8 Å². The zero-order valence-electron chi connectivity index (χ0n) is 14.3. The molecule has 134 valence electrons. The Hall–Kier alpha value is -2.25. The number of carbonyl (C=O) groups excluding carboxylic acids is 3. The normalized spacial score (nSPS) is 24.1. The number of benzene rings is 1. The predicted octanol–water partition coefficient (Wildman–Crippen LogP) is 0.619. The van der Waals surface area contributed by atoms with Gasteiger partial charge in [0.25, 0.3) is 0 Å². The Morgan fingerprint density at radius 1 is 1.40 bits per heavy atom. The van der Waals surface area contributed by atoms with E-state index in [1.54, 1.807) is 0 Å². The minimum absolute atomic E-state index is 0.124. The first-order chi connectivity index (χ1) is 12.1. The zero-order chi connectivity index (χ0) is 17.8. The summed E-state index contributed by atoms with van der Waals surface area (Å²) in [6.07, 6.45) is 1.80. The number of nitrogens with zero attached hydrogens (tertiary/aromatic N) is 1. The first-order valence-corrected chi connectivity index (χ1v) is 8.59. The van der Waals surface area contributed by atoms with E-state index in [0.717, 1.165) is 30.6 Å². The second-order valence-corrected chi connectivity index (χ2v) is 6.48. The summed E-state index contributed by atoms with van der Waals surface area (Å²) in [7, 11) is 0. The van der Waals surface area contributed by atoms with Crippen molar-refractivity contribution in [3.05, 3.63) is 29.3 Å². The van der Waals surface area contributed by atoms with E-state index < -0.39 is 6.04 Å². The number of amides is 2. The highest BCUT2D eigenvalue weighted by molar-refractivity contribution is 6.00. The van der Waals surface area contributed by atoms with Crippen molar-refractivity contribution in [1.29, 1.82) is 0 Å². The summed E-state index contributed by atoms with van der Waals surface area (Å²) in [6, 6.07) is 5.33. The van der Waals surface area contributed by atoms with Gasteiger partial charge in [0, 0.05) is 37.3 Å². The molecular weight excluding hydrogens is 322 g/mol. The van der Waals surface area contributed by atoms with Crippen LogP contribution in [0.2, 0.25) is 0 Å². The van der Waals surface area contributed by atoms with Crippen molar-refractivity contribution >= 4 is 23.8 Å². The third-order valence-corrected chi connectivity index (χ3v) is 4.65. The van der Waals surface area contributed by atoms with Crippen LogP contribution in [-0.4, -0.2) is 49.9 Å². The predicted molar refractivity (Wildman–Crippen MR) is 92.5 cm³/mol. The molecule has 0 saturated carbocycles. The minimum atomic E-state index is -0.413. The number of ether oxygens (including phenoxy) is 1. The lowest BCUT2D eigenvalue weighted by Crippen LogP contribution is -2.50. The summed E-state index contributed by atoms with van der Waals surface area (Å²) in [6.45, 7) is 4.54. The van der Waals surface area contributed by atoms with Crippen LogP contribution in [0.25, 0.3) is 0 Å². The lowest BCUT2D eigenvalue weighted by Gasteiger charge is -2.34. The molecule has 7 nitrogen and oxygen atoms in total. The molecule has 1 aromatic rings. The first kappa shape index (κ1) is 17.6. The lowest BCUT2D eigenvalue weighted by atomic mass is 10.0. The Labute approximate surface area is 146 Å². The number of hydrogen-bond acceptors (Lipinski definition) is 6. The van der Waals surface area contributed by atoms with E-state index >= 15 is 0 Å². The van der Waals surface area contributed by atoms with Crippen LogP contribution in [0.3, 0.4) is 0 Å². The molecule has 2 aliphatic heterocycles. The zero-order valence-corrected chi connectivity index (χ0v) is 14.3. The molecule has 2 atom stereocenters. The fraction of sp³-hybridized carbons (Fsp3) is 0.500. The van der Waals surface area contributed by atoms with Gasteiger partial charge in [0.15, 0.2) is 6.29 Å². The fourth-order valence-corrected chi connectivity index (χ4v) is 3.32. The maximum Gasteiger partial charge on any atom is 0.243 e. The van der Waals surface area contributed by atoms with E-state index in [1.165, 1.54) is 0 Å². The highest BCUT2D eigenvalue weighted by atomic mass is 16.5. The summed E-state index contributed by atoms with van der Waals surface area (Å²) in [5.74, 6) is -0.540. The van der Waals surface area contributed by atoms with Gasteiger partial charge in [-0.15, -0.1) is 0 Å². The van der Waals surface area contributed by atoms with Gasteiger partial charge in [-0.25, -0.2) is 0 Å². The lowest BCUT2D eigenvalue weighted by molar-refractivity contribution is -0.134. The molecule has 2 amide bonds. The Bertz CT molecular complexity index is 676. The van der Waals surface area contributed by atoms with E-state index in [9.17, 15) is 14.4 Å². The van der Waals surface area contributed by atoms with Crippen LogP contribution in [0.1, 0.15) is 35.7 Å². The molecule has 25 heavy (non-hydrogen) atoms. The molecule has 2 N–H and O–H groups in total. The van der Waals surface area contributed by atoms with E-state index in [0.29, 0.717) is 31.6 Å². The van der Waals surface area contributed by atoms with Crippen molar-refractivity contribution in [3.8, 4) is 0 Å². The second kappa shape index (κ2) is 7.76. The maximum absolute atomic E-state index is 11.8. The van der Waals surface area contributed by atoms with E-state index in [1.807, 2.05) is 25.1 Å². The maximum atomic E-state index is 11.8. The van der Waals surface area contributed by atoms with Gasteiger partial charge in [0.2, 0.25) is 11.8 Å². The van der Waals surface area contributed by atoms with Gasteiger partial charge in [-0.3, -0.25) is 19.7 Å². The topological polar surface area (TPSA) is 87.7 Å². The molecule has 3 rings (SSSR count). The van der Waals surface area contributed by atoms with Crippen LogP contribution in [0.5, 0.6) is 0 Å².